The Kier molecular flexibility index (Phi) is 2.83. The third-order valence-corrected chi connectivity index (χ3v) is 3.84. The van der Waals surface area contributed by atoms with Gasteiger partial charge in [-0.25, -0.2) is 0 Å². The highest BCUT2D eigenvalue weighted by Crippen LogP contribution is 2.38. The van der Waals surface area contributed by atoms with Gasteiger partial charge in [0, 0.05) is 6.04 Å². The summed E-state index contributed by atoms with van der Waals surface area (Å²) < 4.78 is 0. The van der Waals surface area contributed by atoms with Gasteiger partial charge in [0.1, 0.15) is 0 Å². The van der Waals surface area contributed by atoms with Crippen LogP contribution in [0.5, 0.6) is 0 Å². The molecule has 0 saturated carbocycles. The first-order valence-electron chi connectivity index (χ1n) is 5.91. The summed E-state index contributed by atoms with van der Waals surface area (Å²) in [6.45, 7) is 6.77. The highest BCUT2D eigenvalue weighted by Gasteiger charge is 2.23. The molecule has 2 unspecified atom stereocenters. The van der Waals surface area contributed by atoms with E-state index in [0.717, 1.165) is 5.92 Å². The fourth-order valence-corrected chi connectivity index (χ4v) is 2.62. The van der Waals surface area contributed by atoms with Crippen molar-refractivity contribution in [3.05, 3.63) is 34.4 Å². The summed E-state index contributed by atoms with van der Waals surface area (Å²) in [6.07, 6.45) is 2.58. The van der Waals surface area contributed by atoms with Crippen LogP contribution in [0.3, 0.4) is 0 Å². The molecule has 0 heterocycles. The number of hydrogen-bond donors (Lipinski definition) is 1. The molecule has 2 atom stereocenters. The van der Waals surface area contributed by atoms with Crippen LogP contribution < -0.4 is 5.32 Å². The van der Waals surface area contributed by atoms with Gasteiger partial charge in [-0.05, 0) is 61.9 Å². The Balaban J connectivity index is 2.52. The standard InChI is InChI=1S/C14H21N/c1-9-5-6-14(15-4)13-8-11(3)10(2)7-12(9)13/h7-9,14-15H,5-6H2,1-4H3. The van der Waals surface area contributed by atoms with Crippen LogP contribution in [0.25, 0.3) is 0 Å². The lowest BCUT2D eigenvalue weighted by Crippen LogP contribution is -2.23. The zero-order valence-electron chi connectivity index (χ0n) is 10.2. The molecule has 1 nitrogen and oxygen atoms in total. The van der Waals surface area contributed by atoms with Crippen molar-refractivity contribution in [2.75, 3.05) is 7.05 Å². The molecule has 0 aromatic heterocycles. The van der Waals surface area contributed by atoms with Crippen LogP contribution in [0.2, 0.25) is 0 Å². The first kappa shape index (κ1) is 10.7. The Bertz CT molecular complexity index is 368. The van der Waals surface area contributed by atoms with Crippen LogP contribution in [-0.4, -0.2) is 7.05 Å². The van der Waals surface area contributed by atoms with E-state index >= 15 is 0 Å². The first-order chi connectivity index (χ1) is 7.13. The summed E-state index contributed by atoms with van der Waals surface area (Å²) in [7, 11) is 2.07. The second kappa shape index (κ2) is 3.97. The fraction of sp³-hybridized carbons (Fsp3) is 0.571. The van der Waals surface area contributed by atoms with E-state index in [-0.39, 0.29) is 0 Å². The van der Waals surface area contributed by atoms with E-state index in [1.165, 1.54) is 29.5 Å². The van der Waals surface area contributed by atoms with Gasteiger partial charge in [0.05, 0.1) is 0 Å². The largest absolute Gasteiger partial charge is 0.313 e. The SMILES string of the molecule is CNC1CCC(C)c2cc(C)c(C)cc21. The molecular formula is C14H21N. The van der Waals surface area contributed by atoms with Crippen LogP contribution in [0.4, 0.5) is 0 Å². The predicted octanol–water partition coefficient (Wildman–Crippen LogP) is 3.46. The summed E-state index contributed by atoms with van der Waals surface area (Å²) in [4.78, 5) is 0. The average molecular weight is 203 g/mol. The molecule has 0 bridgehead atoms. The summed E-state index contributed by atoms with van der Waals surface area (Å²) >= 11 is 0. The molecule has 0 fully saturated rings. The van der Waals surface area contributed by atoms with Gasteiger partial charge >= 0.3 is 0 Å². The van der Waals surface area contributed by atoms with E-state index in [0.29, 0.717) is 6.04 Å². The molecule has 0 saturated heterocycles. The molecule has 1 aliphatic carbocycles. The average Bonchev–Trinajstić information content (AvgIpc) is 2.22. The van der Waals surface area contributed by atoms with Crippen LogP contribution in [-0.2, 0) is 0 Å². The van der Waals surface area contributed by atoms with E-state index in [4.69, 9.17) is 0 Å². The molecule has 1 aromatic rings. The third kappa shape index (κ3) is 1.81. The molecule has 1 aliphatic rings. The number of nitrogens with one attached hydrogen (secondary N) is 1. The number of hydrogen-bond acceptors (Lipinski definition) is 1. The van der Waals surface area contributed by atoms with Crippen molar-refractivity contribution in [3.8, 4) is 0 Å². The van der Waals surface area contributed by atoms with E-state index in [2.05, 4.69) is 45.3 Å². The molecule has 0 amide bonds. The van der Waals surface area contributed by atoms with Gasteiger partial charge in [0.2, 0.25) is 0 Å². The van der Waals surface area contributed by atoms with Crippen molar-refractivity contribution >= 4 is 0 Å². The number of rotatable bonds is 1. The minimum Gasteiger partial charge on any atom is -0.313 e. The Morgan fingerprint density at radius 1 is 1.07 bits per heavy atom. The second-order valence-electron chi connectivity index (χ2n) is 4.89. The monoisotopic (exact) mass is 203 g/mol. The Labute approximate surface area is 92.9 Å². The van der Waals surface area contributed by atoms with Crippen molar-refractivity contribution < 1.29 is 0 Å². The van der Waals surface area contributed by atoms with Gasteiger partial charge in [0.25, 0.3) is 0 Å². The van der Waals surface area contributed by atoms with E-state index in [9.17, 15) is 0 Å². The van der Waals surface area contributed by atoms with Crippen LogP contribution >= 0.6 is 0 Å². The van der Waals surface area contributed by atoms with Crippen molar-refractivity contribution in [2.45, 2.75) is 45.6 Å². The highest BCUT2D eigenvalue weighted by atomic mass is 14.9. The van der Waals surface area contributed by atoms with E-state index in [1.807, 2.05) is 0 Å². The zero-order chi connectivity index (χ0) is 11.0. The molecule has 1 N–H and O–H groups in total. The molecule has 15 heavy (non-hydrogen) atoms. The number of fused-ring (bicyclic) bond motifs is 1. The first-order valence-corrected chi connectivity index (χ1v) is 5.91. The lowest BCUT2D eigenvalue weighted by molar-refractivity contribution is 0.459. The zero-order valence-corrected chi connectivity index (χ0v) is 10.2. The highest BCUT2D eigenvalue weighted by molar-refractivity contribution is 5.42. The fourth-order valence-electron chi connectivity index (χ4n) is 2.62. The molecule has 0 spiro atoms. The lowest BCUT2D eigenvalue weighted by atomic mass is 9.79. The van der Waals surface area contributed by atoms with Gasteiger partial charge < -0.3 is 5.32 Å². The third-order valence-electron chi connectivity index (χ3n) is 3.84. The van der Waals surface area contributed by atoms with E-state index < -0.39 is 0 Å². The van der Waals surface area contributed by atoms with Crippen molar-refractivity contribution in [3.63, 3.8) is 0 Å². The van der Waals surface area contributed by atoms with Crippen LogP contribution in [0.15, 0.2) is 12.1 Å². The summed E-state index contributed by atoms with van der Waals surface area (Å²) in [5, 5.41) is 3.43. The Morgan fingerprint density at radius 2 is 1.67 bits per heavy atom. The topological polar surface area (TPSA) is 12.0 Å². The Hall–Kier alpha value is -0.820. The minimum atomic E-state index is 0.565. The number of benzene rings is 1. The van der Waals surface area contributed by atoms with Gasteiger partial charge in [-0.3, -0.25) is 0 Å². The normalized spacial score (nSPS) is 25.1. The molecular weight excluding hydrogens is 182 g/mol. The summed E-state index contributed by atoms with van der Waals surface area (Å²) in [5.74, 6) is 0.726. The summed E-state index contributed by atoms with van der Waals surface area (Å²) in [6, 6.07) is 5.33. The summed E-state index contributed by atoms with van der Waals surface area (Å²) in [5.41, 5.74) is 5.93. The van der Waals surface area contributed by atoms with Gasteiger partial charge in [-0.1, -0.05) is 19.1 Å². The van der Waals surface area contributed by atoms with Gasteiger partial charge in [0.15, 0.2) is 0 Å². The molecule has 0 aliphatic heterocycles. The van der Waals surface area contributed by atoms with Crippen molar-refractivity contribution in [2.24, 2.45) is 0 Å². The van der Waals surface area contributed by atoms with E-state index in [1.54, 1.807) is 5.56 Å². The van der Waals surface area contributed by atoms with Crippen molar-refractivity contribution in [1.82, 2.24) is 5.32 Å². The van der Waals surface area contributed by atoms with Gasteiger partial charge in [-0.15, -0.1) is 0 Å². The smallest absolute Gasteiger partial charge is 0.0320 e. The molecule has 82 valence electrons. The number of aryl methyl sites for hydroxylation is 2. The molecule has 0 radical (unpaired) electrons. The van der Waals surface area contributed by atoms with Crippen LogP contribution in [0.1, 0.15) is 54.0 Å². The molecule has 2 rings (SSSR count). The quantitative estimate of drug-likeness (QED) is 0.737. The second-order valence-corrected chi connectivity index (χ2v) is 4.89. The maximum absolute atomic E-state index is 3.43. The van der Waals surface area contributed by atoms with Gasteiger partial charge in [-0.2, -0.15) is 0 Å². The minimum absolute atomic E-state index is 0.565. The molecule has 1 aromatic carbocycles. The molecule has 1 heteroatoms. The lowest BCUT2D eigenvalue weighted by Gasteiger charge is -2.30. The predicted molar refractivity (Wildman–Crippen MR) is 65.4 cm³/mol. The van der Waals surface area contributed by atoms with Crippen LogP contribution in [0, 0.1) is 13.8 Å². The maximum atomic E-state index is 3.43. The maximum Gasteiger partial charge on any atom is 0.0320 e. The van der Waals surface area contributed by atoms with Crippen molar-refractivity contribution in [1.29, 1.82) is 0 Å². The Morgan fingerprint density at radius 3 is 2.27 bits per heavy atom.